The van der Waals surface area contributed by atoms with Crippen LogP contribution in [0.25, 0.3) is 10.2 Å². The average Bonchev–Trinajstić information content (AvgIpc) is 2.85. The van der Waals surface area contributed by atoms with Crippen molar-refractivity contribution in [1.29, 1.82) is 0 Å². The Morgan fingerprint density at radius 3 is 3.25 bits per heavy atom. The third-order valence-corrected chi connectivity index (χ3v) is 5.95. The van der Waals surface area contributed by atoms with Crippen molar-refractivity contribution < 1.29 is 0 Å². The van der Waals surface area contributed by atoms with Crippen molar-refractivity contribution in [3.05, 3.63) is 23.7 Å². The summed E-state index contributed by atoms with van der Waals surface area (Å²) in [7, 11) is 0. The van der Waals surface area contributed by atoms with Gasteiger partial charge in [-0.1, -0.05) is 6.07 Å². The minimum absolute atomic E-state index is 0.864. The topological polar surface area (TPSA) is 37.0 Å². The van der Waals surface area contributed by atoms with E-state index in [-0.39, 0.29) is 0 Å². The third kappa shape index (κ3) is 2.21. The Morgan fingerprint density at radius 2 is 2.25 bits per heavy atom. The molecule has 4 heteroatoms. The molecule has 1 saturated carbocycles. The maximum atomic E-state index is 4.39. The molecule has 3 nitrogen and oxygen atoms in total. The van der Waals surface area contributed by atoms with Crippen LogP contribution >= 0.6 is 11.3 Å². The molecule has 0 amide bonds. The van der Waals surface area contributed by atoms with Gasteiger partial charge in [0.25, 0.3) is 0 Å². The maximum absolute atomic E-state index is 4.39. The van der Waals surface area contributed by atoms with Crippen LogP contribution in [0.4, 0.5) is 5.69 Å². The van der Waals surface area contributed by atoms with E-state index in [9.17, 15) is 0 Å². The molecule has 0 radical (unpaired) electrons. The molecule has 3 unspecified atom stereocenters. The van der Waals surface area contributed by atoms with E-state index in [1.165, 1.54) is 42.7 Å². The molecule has 2 N–H and O–H groups in total. The van der Waals surface area contributed by atoms with E-state index in [0.29, 0.717) is 0 Å². The van der Waals surface area contributed by atoms with Gasteiger partial charge in [0.15, 0.2) is 0 Å². The average molecular weight is 287 g/mol. The van der Waals surface area contributed by atoms with Gasteiger partial charge in [-0.05, 0) is 62.2 Å². The summed E-state index contributed by atoms with van der Waals surface area (Å²) in [4.78, 5) is 4.39. The molecule has 2 aromatic rings. The Labute approximate surface area is 123 Å². The summed E-state index contributed by atoms with van der Waals surface area (Å²) in [5.74, 6) is 2.79. The molecule has 2 heterocycles. The minimum Gasteiger partial charge on any atom is -0.384 e. The molecule has 1 aliphatic heterocycles. The van der Waals surface area contributed by atoms with Crippen LogP contribution in [0.1, 0.15) is 19.3 Å². The number of anilines is 1. The molecule has 20 heavy (non-hydrogen) atoms. The SMILES string of the molecule is c1cc(NCC2CC3CCNCCC32)c2scnc2c1. The van der Waals surface area contributed by atoms with Gasteiger partial charge in [0.2, 0.25) is 0 Å². The smallest absolute Gasteiger partial charge is 0.0833 e. The molecular formula is C16H21N3S. The van der Waals surface area contributed by atoms with Crippen LogP contribution in [-0.2, 0) is 0 Å². The zero-order valence-electron chi connectivity index (χ0n) is 11.6. The number of benzene rings is 1. The first-order chi connectivity index (χ1) is 9.92. The molecule has 1 aliphatic carbocycles. The molecule has 106 valence electrons. The Hall–Kier alpha value is -1.13. The van der Waals surface area contributed by atoms with E-state index < -0.39 is 0 Å². The molecule has 0 spiro atoms. The number of hydrogen-bond donors (Lipinski definition) is 2. The van der Waals surface area contributed by atoms with Crippen LogP contribution in [-0.4, -0.2) is 24.6 Å². The van der Waals surface area contributed by atoms with E-state index in [0.717, 1.165) is 29.8 Å². The summed E-state index contributed by atoms with van der Waals surface area (Å²) in [5, 5.41) is 7.22. The van der Waals surface area contributed by atoms with Crippen molar-refractivity contribution in [2.45, 2.75) is 19.3 Å². The molecule has 0 bridgehead atoms. The lowest BCUT2D eigenvalue weighted by Gasteiger charge is -2.44. The zero-order chi connectivity index (χ0) is 13.4. The fourth-order valence-electron chi connectivity index (χ4n) is 3.91. The number of nitrogens with zero attached hydrogens (tertiary/aromatic N) is 1. The highest BCUT2D eigenvalue weighted by Gasteiger charge is 2.40. The number of aromatic nitrogens is 1. The highest BCUT2D eigenvalue weighted by Crippen LogP contribution is 2.45. The van der Waals surface area contributed by atoms with Crippen molar-refractivity contribution in [2.75, 3.05) is 25.0 Å². The Morgan fingerprint density at radius 1 is 1.30 bits per heavy atom. The highest BCUT2D eigenvalue weighted by atomic mass is 32.1. The molecular weight excluding hydrogens is 266 g/mol. The van der Waals surface area contributed by atoms with Crippen LogP contribution in [0.5, 0.6) is 0 Å². The Balaban J connectivity index is 1.42. The fourth-order valence-corrected chi connectivity index (χ4v) is 4.69. The van der Waals surface area contributed by atoms with Crippen molar-refractivity contribution in [3.63, 3.8) is 0 Å². The quantitative estimate of drug-likeness (QED) is 0.909. The maximum Gasteiger partial charge on any atom is 0.0833 e. The molecule has 2 fully saturated rings. The summed E-state index contributed by atoms with van der Waals surface area (Å²) in [6.07, 6.45) is 4.16. The molecule has 1 aromatic carbocycles. The number of rotatable bonds is 3. The highest BCUT2D eigenvalue weighted by molar-refractivity contribution is 7.17. The van der Waals surface area contributed by atoms with Crippen LogP contribution in [0.2, 0.25) is 0 Å². The van der Waals surface area contributed by atoms with Crippen molar-refractivity contribution in [3.8, 4) is 0 Å². The normalized spacial score (nSPS) is 29.5. The second-order valence-corrected chi connectivity index (χ2v) is 6.99. The number of hydrogen-bond acceptors (Lipinski definition) is 4. The van der Waals surface area contributed by atoms with Gasteiger partial charge in [-0.3, -0.25) is 0 Å². The molecule has 1 aromatic heterocycles. The predicted octanol–water partition coefficient (Wildman–Crippen LogP) is 3.34. The minimum atomic E-state index is 0.864. The summed E-state index contributed by atoms with van der Waals surface area (Å²) in [5.41, 5.74) is 4.32. The number of nitrogens with one attached hydrogen (secondary N) is 2. The first-order valence-corrected chi connectivity index (χ1v) is 8.56. The first kappa shape index (κ1) is 12.6. The van der Waals surface area contributed by atoms with Gasteiger partial charge in [0.05, 0.1) is 21.4 Å². The van der Waals surface area contributed by atoms with E-state index in [1.54, 1.807) is 11.3 Å². The van der Waals surface area contributed by atoms with Gasteiger partial charge in [-0.15, -0.1) is 11.3 Å². The third-order valence-electron chi connectivity index (χ3n) is 5.07. The first-order valence-electron chi connectivity index (χ1n) is 7.68. The number of fused-ring (bicyclic) bond motifs is 2. The fraction of sp³-hybridized carbons (Fsp3) is 0.562. The van der Waals surface area contributed by atoms with Crippen LogP contribution in [0, 0.1) is 17.8 Å². The van der Waals surface area contributed by atoms with E-state index in [4.69, 9.17) is 0 Å². The van der Waals surface area contributed by atoms with Gasteiger partial charge in [0, 0.05) is 6.54 Å². The van der Waals surface area contributed by atoms with E-state index in [1.807, 2.05) is 5.51 Å². The monoisotopic (exact) mass is 287 g/mol. The second kappa shape index (κ2) is 5.34. The van der Waals surface area contributed by atoms with Crippen LogP contribution < -0.4 is 10.6 Å². The zero-order valence-corrected chi connectivity index (χ0v) is 12.5. The van der Waals surface area contributed by atoms with Crippen molar-refractivity contribution in [2.24, 2.45) is 17.8 Å². The molecule has 2 aliphatic rings. The van der Waals surface area contributed by atoms with E-state index >= 15 is 0 Å². The van der Waals surface area contributed by atoms with Crippen molar-refractivity contribution in [1.82, 2.24) is 10.3 Å². The summed E-state index contributed by atoms with van der Waals surface area (Å²) < 4.78 is 1.30. The standard InChI is InChI=1S/C16H21N3S/c1-2-14(16-15(3-1)19-10-20-16)18-9-12-8-11-4-6-17-7-5-13(11)12/h1-3,10-13,17-18H,4-9H2. The lowest BCUT2D eigenvalue weighted by Crippen LogP contribution is -2.40. The molecule has 4 rings (SSSR count). The predicted molar refractivity (Wildman–Crippen MR) is 85.3 cm³/mol. The number of thiazole rings is 1. The van der Waals surface area contributed by atoms with Gasteiger partial charge in [-0.2, -0.15) is 0 Å². The van der Waals surface area contributed by atoms with Gasteiger partial charge in [0.1, 0.15) is 0 Å². The largest absolute Gasteiger partial charge is 0.384 e. The van der Waals surface area contributed by atoms with Gasteiger partial charge >= 0.3 is 0 Å². The van der Waals surface area contributed by atoms with Gasteiger partial charge in [-0.25, -0.2) is 4.98 Å². The summed E-state index contributed by atoms with van der Waals surface area (Å²) >= 11 is 1.73. The van der Waals surface area contributed by atoms with Gasteiger partial charge < -0.3 is 10.6 Å². The van der Waals surface area contributed by atoms with Crippen LogP contribution in [0.15, 0.2) is 23.7 Å². The Bertz CT molecular complexity index is 594. The lowest BCUT2D eigenvalue weighted by atomic mass is 9.62. The second-order valence-electron chi connectivity index (χ2n) is 6.13. The summed E-state index contributed by atoms with van der Waals surface area (Å²) in [6.45, 7) is 3.56. The molecule has 3 atom stereocenters. The molecule has 1 saturated heterocycles. The van der Waals surface area contributed by atoms with Crippen molar-refractivity contribution >= 4 is 27.2 Å². The lowest BCUT2D eigenvalue weighted by molar-refractivity contribution is 0.0783. The van der Waals surface area contributed by atoms with Crippen LogP contribution in [0.3, 0.4) is 0 Å². The summed E-state index contributed by atoms with van der Waals surface area (Å²) in [6, 6.07) is 6.38. The Kier molecular flexibility index (Phi) is 3.36. The van der Waals surface area contributed by atoms with E-state index in [2.05, 4.69) is 33.8 Å².